The highest BCUT2D eigenvalue weighted by Crippen LogP contribution is 2.15. The van der Waals surface area contributed by atoms with E-state index in [1.54, 1.807) is 30.0 Å². The largest absolute Gasteiger partial charge is 0.483 e. The molecule has 2 N–H and O–H groups in total. The Kier molecular flexibility index (Phi) is 6.69. The zero-order valence-corrected chi connectivity index (χ0v) is 14.5. The third-order valence-electron chi connectivity index (χ3n) is 3.29. The van der Waals surface area contributed by atoms with E-state index in [4.69, 9.17) is 4.74 Å². The Hall–Kier alpha value is -2.47. The third kappa shape index (κ3) is 5.31. The second kappa shape index (κ2) is 8.98. The van der Waals surface area contributed by atoms with Gasteiger partial charge < -0.3 is 4.74 Å². The lowest BCUT2D eigenvalue weighted by atomic mass is 10.1. The molecule has 5 nitrogen and oxygen atoms in total. The van der Waals surface area contributed by atoms with Crippen molar-refractivity contribution in [3.63, 3.8) is 0 Å². The number of carbonyl (C=O) groups excluding carboxylic acids is 2. The maximum Gasteiger partial charge on any atom is 0.276 e. The van der Waals surface area contributed by atoms with E-state index in [9.17, 15) is 9.59 Å². The summed E-state index contributed by atoms with van der Waals surface area (Å²) in [4.78, 5) is 23.7. The van der Waals surface area contributed by atoms with Crippen LogP contribution in [0.3, 0.4) is 0 Å². The van der Waals surface area contributed by atoms with Crippen molar-refractivity contribution in [1.29, 1.82) is 0 Å². The molecule has 0 fully saturated rings. The predicted molar refractivity (Wildman–Crippen MR) is 95.9 cm³/mol. The number of benzene rings is 2. The molecule has 24 heavy (non-hydrogen) atoms. The SMILES string of the molecule is CSCc1ccc(C(=O)NNC(=O)COc2ccccc2C)cc1. The summed E-state index contributed by atoms with van der Waals surface area (Å²) in [6.45, 7) is 1.73. The first-order valence-corrected chi connectivity index (χ1v) is 8.85. The van der Waals surface area contributed by atoms with Crippen LogP contribution < -0.4 is 15.6 Å². The van der Waals surface area contributed by atoms with Crippen molar-refractivity contribution < 1.29 is 14.3 Å². The Labute approximate surface area is 145 Å². The number of carbonyl (C=O) groups is 2. The van der Waals surface area contributed by atoms with Crippen molar-refractivity contribution in [3.05, 3.63) is 65.2 Å². The lowest BCUT2D eigenvalue weighted by Gasteiger charge is -2.10. The van der Waals surface area contributed by atoms with Gasteiger partial charge in [0.25, 0.3) is 11.8 Å². The first-order chi connectivity index (χ1) is 11.6. The summed E-state index contributed by atoms with van der Waals surface area (Å²) in [5, 5.41) is 0. The molecule has 0 aliphatic rings. The zero-order chi connectivity index (χ0) is 17.4. The van der Waals surface area contributed by atoms with Crippen molar-refractivity contribution in [2.24, 2.45) is 0 Å². The molecule has 0 aromatic heterocycles. The van der Waals surface area contributed by atoms with Gasteiger partial charge in [0.1, 0.15) is 5.75 Å². The van der Waals surface area contributed by atoms with Gasteiger partial charge in [0.05, 0.1) is 0 Å². The fourth-order valence-corrected chi connectivity index (χ4v) is 2.54. The normalized spacial score (nSPS) is 10.1. The van der Waals surface area contributed by atoms with Crippen LogP contribution in [0.4, 0.5) is 0 Å². The van der Waals surface area contributed by atoms with E-state index in [2.05, 4.69) is 10.9 Å². The molecule has 0 atom stereocenters. The molecule has 126 valence electrons. The molecular formula is C18H20N2O3S. The number of amides is 2. The van der Waals surface area contributed by atoms with Gasteiger partial charge in [0.15, 0.2) is 6.61 Å². The van der Waals surface area contributed by atoms with Crippen LogP contribution in [0.1, 0.15) is 21.5 Å². The molecule has 0 saturated heterocycles. The molecule has 0 saturated carbocycles. The molecule has 0 heterocycles. The van der Waals surface area contributed by atoms with Gasteiger partial charge in [-0.3, -0.25) is 20.4 Å². The Balaban J connectivity index is 1.78. The topological polar surface area (TPSA) is 67.4 Å². The highest BCUT2D eigenvalue weighted by atomic mass is 32.2. The standard InChI is InChI=1S/C18H20N2O3S/c1-13-5-3-4-6-16(13)23-11-17(21)19-20-18(22)15-9-7-14(8-10-15)12-24-2/h3-10H,11-12H2,1-2H3,(H,19,21)(H,20,22). The Morgan fingerprint density at radius 1 is 1.04 bits per heavy atom. The summed E-state index contributed by atoms with van der Waals surface area (Å²) in [5.74, 6) is 0.749. The van der Waals surface area contributed by atoms with Gasteiger partial charge >= 0.3 is 0 Å². The maximum absolute atomic E-state index is 12.0. The minimum atomic E-state index is -0.425. The number of aryl methyl sites for hydroxylation is 1. The van der Waals surface area contributed by atoms with E-state index in [1.807, 2.05) is 43.5 Å². The van der Waals surface area contributed by atoms with Crippen molar-refractivity contribution in [2.45, 2.75) is 12.7 Å². The van der Waals surface area contributed by atoms with Gasteiger partial charge in [-0.2, -0.15) is 11.8 Å². The molecule has 0 spiro atoms. The van der Waals surface area contributed by atoms with Crippen molar-refractivity contribution in [3.8, 4) is 5.75 Å². The van der Waals surface area contributed by atoms with Gasteiger partial charge in [-0.1, -0.05) is 30.3 Å². The number of thioether (sulfide) groups is 1. The second-order valence-electron chi connectivity index (χ2n) is 5.19. The number of rotatable bonds is 6. The summed E-state index contributed by atoms with van der Waals surface area (Å²) in [5.41, 5.74) is 7.30. The van der Waals surface area contributed by atoms with E-state index in [1.165, 1.54) is 0 Å². The molecule has 2 amide bonds. The maximum atomic E-state index is 12.0. The minimum Gasteiger partial charge on any atom is -0.483 e. The molecule has 0 aliphatic heterocycles. The third-order valence-corrected chi connectivity index (χ3v) is 3.92. The molecule has 0 unspecified atom stereocenters. The highest BCUT2D eigenvalue weighted by Gasteiger charge is 2.08. The number of para-hydroxylation sites is 1. The average Bonchev–Trinajstić information content (AvgIpc) is 2.60. The Morgan fingerprint density at radius 2 is 1.75 bits per heavy atom. The number of hydrogen-bond acceptors (Lipinski definition) is 4. The van der Waals surface area contributed by atoms with Crippen LogP contribution in [0, 0.1) is 6.92 Å². The monoisotopic (exact) mass is 344 g/mol. The Morgan fingerprint density at radius 3 is 2.42 bits per heavy atom. The lowest BCUT2D eigenvalue weighted by molar-refractivity contribution is -0.123. The van der Waals surface area contributed by atoms with Gasteiger partial charge in [-0.05, 0) is 42.5 Å². The van der Waals surface area contributed by atoms with E-state index < -0.39 is 5.91 Å². The molecule has 6 heteroatoms. The van der Waals surface area contributed by atoms with Crippen LogP contribution in [0.2, 0.25) is 0 Å². The summed E-state index contributed by atoms with van der Waals surface area (Å²) in [6.07, 6.45) is 2.02. The average molecular weight is 344 g/mol. The fourth-order valence-electron chi connectivity index (χ4n) is 2.02. The van der Waals surface area contributed by atoms with Crippen molar-refractivity contribution >= 4 is 23.6 Å². The predicted octanol–water partition coefficient (Wildman–Crippen LogP) is 2.70. The van der Waals surface area contributed by atoms with E-state index >= 15 is 0 Å². The molecule has 0 bridgehead atoms. The van der Waals surface area contributed by atoms with E-state index in [0.29, 0.717) is 11.3 Å². The van der Waals surface area contributed by atoms with E-state index in [0.717, 1.165) is 16.9 Å². The van der Waals surface area contributed by atoms with Crippen LogP contribution in [0.25, 0.3) is 0 Å². The Bertz CT molecular complexity index is 702. The van der Waals surface area contributed by atoms with Crippen LogP contribution >= 0.6 is 11.8 Å². The quantitative estimate of drug-likeness (QED) is 0.791. The van der Waals surface area contributed by atoms with Gasteiger partial charge in [-0.25, -0.2) is 0 Å². The first-order valence-electron chi connectivity index (χ1n) is 7.45. The number of hydrazine groups is 1. The number of nitrogens with one attached hydrogen (secondary N) is 2. The molecule has 2 aromatic rings. The van der Waals surface area contributed by atoms with Crippen LogP contribution in [-0.4, -0.2) is 24.7 Å². The highest BCUT2D eigenvalue weighted by molar-refractivity contribution is 7.97. The first kappa shape index (κ1) is 17.9. The number of hydrogen-bond donors (Lipinski definition) is 2. The zero-order valence-electron chi connectivity index (χ0n) is 13.7. The number of ether oxygens (including phenoxy) is 1. The smallest absolute Gasteiger partial charge is 0.276 e. The minimum absolute atomic E-state index is 0.169. The molecule has 0 radical (unpaired) electrons. The van der Waals surface area contributed by atoms with Crippen molar-refractivity contribution in [2.75, 3.05) is 12.9 Å². The summed E-state index contributed by atoms with van der Waals surface area (Å²) >= 11 is 1.72. The molecule has 0 aliphatic carbocycles. The van der Waals surface area contributed by atoms with E-state index in [-0.39, 0.29) is 12.5 Å². The summed E-state index contributed by atoms with van der Waals surface area (Å²) < 4.78 is 5.41. The van der Waals surface area contributed by atoms with Gasteiger partial charge in [-0.15, -0.1) is 0 Å². The molecular weight excluding hydrogens is 324 g/mol. The van der Waals surface area contributed by atoms with Crippen molar-refractivity contribution in [1.82, 2.24) is 10.9 Å². The van der Waals surface area contributed by atoms with Crippen LogP contribution in [0.15, 0.2) is 48.5 Å². The summed E-state index contributed by atoms with van der Waals surface area (Å²) in [6, 6.07) is 14.7. The second-order valence-corrected chi connectivity index (χ2v) is 6.05. The molecule has 2 rings (SSSR count). The molecule has 2 aromatic carbocycles. The summed E-state index contributed by atoms with van der Waals surface area (Å²) in [7, 11) is 0. The lowest BCUT2D eigenvalue weighted by Crippen LogP contribution is -2.43. The van der Waals surface area contributed by atoms with Crippen LogP contribution in [-0.2, 0) is 10.5 Å². The van der Waals surface area contributed by atoms with Gasteiger partial charge in [0.2, 0.25) is 0 Å². The van der Waals surface area contributed by atoms with Crippen LogP contribution in [0.5, 0.6) is 5.75 Å². The van der Waals surface area contributed by atoms with Gasteiger partial charge in [0, 0.05) is 11.3 Å². The fraction of sp³-hybridized carbons (Fsp3) is 0.222.